The first kappa shape index (κ1) is 31.4. The summed E-state index contributed by atoms with van der Waals surface area (Å²) in [5.41, 5.74) is 1.73. The standard InChI is InChI=1S/C36H40FN5O4/c1-23-12-13-26-24(20-30(43)36(22-37)15-16-36)8-5-10-27(26)31(23)45-32-28(11-6-17-38-32)29-14-18-39-33(41-29)40-25-9-7-19-42(21-25)34(44)46-35(2,3)4/h5-6,8,10-14,17-18,25H,7,9,15-16,19-22H2,1-4H3,(H,39,40,41)/t25-/m0/s1. The van der Waals surface area contributed by atoms with Crippen LogP contribution in [0.25, 0.3) is 22.0 Å². The number of Topliss-reactive ketones (excluding diaryl/α,β-unsaturated/α-hetero) is 1. The van der Waals surface area contributed by atoms with Crippen LogP contribution in [0.2, 0.25) is 0 Å². The molecule has 9 nitrogen and oxygen atoms in total. The second-order valence-corrected chi connectivity index (χ2v) is 13.4. The highest BCUT2D eigenvalue weighted by Gasteiger charge is 2.49. The number of carbonyl (C=O) groups is 2. The van der Waals surface area contributed by atoms with Gasteiger partial charge < -0.3 is 19.7 Å². The Morgan fingerprint density at radius 3 is 2.63 bits per heavy atom. The van der Waals surface area contributed by atoms with Crippen molar-refractivity contribution < 1.29 is 23.5 Å². The lowest BCUT2D eigenvalue weighted by Gasteiger charge is -2.34. The van der Waals surface area contributed by atoms with E-state index in [0.717, 1.165) is 34.7 Å². The summed E-state index contributed by atoms with van der Waals surface area (Å²) in [6.45, 7) is 8.09. The number of ketones is 1. The predicted octanol–water partition coefficient (Wildman–Crippen LogP) is 7.47. The van der Waals surface area contributed by atoms with Crippen LogP contribution >= 0.6 is 0 Å². The summed E-state index contributed by atoms with van der Waals surface area (Å²) in [5, 5.41) is 5.14. The summed E-state index contributed by atoms with van der Waals surface area (Å²) in [6.07, 6.45) is 6.18. The van der Waals surface area contributed by atoms with Gasteiger partial charge in [-0.25, -0.2) is 19.7 Å². The number of carbonyl (C=O) groups excluding carboxylic acids is 2. The fourth-order valence-electron chi connectivity index (χ4n) is 5.90. The minimum atomic E-state index is -0.797. The average Bonchev–Trinajstić information content (AvgIpc) is 3.84. The maximum Gasteiger partial charge on any atom is 0.410 e. The zero-order valence-corrected chi connectivity index (χ0v) is 26.8. The molecule has 0 unspecified atom stereocenters. The number of likely N-dealkylation sites (tertiary alicyclic amines) is 1. The third-order valence-corrected chi connectivity index (χ3v) is 8.66. The molecule has 1 N–H and O–H groups in total. The van der Waals surface area contributed by atoms with Gasteiger partial charge in [-0.1, -0.05) is 30.3 Å². The number of halogens is 1. The second kappa shape index (κ2) is 12.7. The molecule has 1 amide bonds. The number of hydrogen-bond donors (Lipinski definition) is 1. The Kier molecular flexibility index (Phi) is 8.63. The molecule has 3 heterocycles. The number of aryl methyl sites for hydroxylation is 1. The molecular weight excluding hydrogens is 585 g/mol. The van der Waals surface area contributed by atoms with E-state index in [0.29, 0.717) is 54.8 Å². The number of ether oxygens (including phenoxy) is 2. The molecule has 1 saturated heterocycles. The van der Waals surface area contributed by atoms with Crippen LogP contribution in [0, 0.1) is 12.3 Å². The summed E-state index contributed by atoms with van der Waals surface area (Å²) >= 11 is 0. The Bertz CT molecular complexity index is 1770. The van der Waals surface area contributed by atoms with Crippen molar-refractivity contribution in [2.45, 2.75) is 71.4 Å². The van der Waals surface area contributed by atoms with E-state index in [1.165, 1.54) is 0 Å². The molecule has 4 aromatic rings. The maximum atomic E-state index is 13.6. The number of hydrogen-bond acceptors (Lipinski definition) is 8. The van der Waals surface area contributed by atoms with Crippen LogP contribution < -0.4 is 10.1 Å². The largest absolute Gasteiger partial charge is 0.444 e. The number of fused-ring (bicyclic) bond motifs is 1. The third kappa shape index (κ3) is 6.80. The molecule has 1 aliphatic carbocycles. The van der Waals surface area contributed by atoms with E-state index >= 15 is 0 Å². The third-order valence-electron chi connectivity index (χ3n) is 8.66. The molecule has 0 radical (unpaired) electrons. The van der Waals surface area contributed by atoms with Gasteiger partial charge >= 0.3 is 6.09 Å². The summed E-state index contributed by atoms with van der Waals surface area (Å²) in [4.78, 5) is 41.1. The van der Waals surface area contributed by atoms with Gasteiger partial charge in [-0.3, -0.25) is 9.18 Å². The van der Waals surface area contributed by atoms with Crippen molar-refractivity contribution in [3.8, 4) is 22.9 Å². The van der Waals surface area contributed by atoms with Gasteiger partial charge in [-0.15, -0.1) is 0 Å². The Morgan fingerprint density at radius 2 is 1.87 bits per heavy atom. The van der Waals surface area contributed by atoms with E-state index in [2.05, 4.69) is 15.3 Å². The number of nitrogens with one attached hydrogen (secondary N) is 1. The van der Waals surface area contributed by atoms with E-state index in [4.69, 9.17) is 14.5 Å². The lowest BCUT2D eigenvalue weighted by Crippen LogP contribution is -2.47. The maximum absolute atomic E-state index is 13.6. The molecule has 240 valence electrons. The Hall–Kier alpha value is -4.60. The van der Waals surface area contributed by atoms with Crippen LogP contribution in [0.15, 0.2) is 60.9 Å². The van der Waals surface area contributed by atoms with E-state index in [-0.39, 0.29) is 24.3 Å². The van der Waals surface area contributed by atoms with Crippen LogP contribution in [0.5, 0.6) is 11.6 Å². The van der Waals surface area contributed by atoms with Crippen molar-refractivity contribution in [1.82, 2.24) is 19.9 Å². The molecule has 6 rings (SSSR count). The Balaban J connectivity index is 1.23. The number of amides is 1. The molecule has 46 heavy (non-hydrogen) atoms. The first-order valence-electron chi connectivity index (χ1n) is 15.9. The zero-order chi connectivity index (χ0) is 32.5. The predicted molar refractivity (Wildman–Crippen MR) is 175 cm³/mol. The van der Waals surface area contributed by atoms with Crippen molar-refractivity contribution >= 4 is 28.6 Å². The van der Waals surface area contributed by atoms with Gasteiger partial charge in [0.15, 0.2) is 0 Å². The zero-order valence-electron chi connectivity index (χ0n) is 26.8. The van der Waals surface area contributed by atoms with Crippen LogP contribution in [-0.4, -0.2) is 63.1 Å². The topological polar surface area (TPSA) is 107 Å². The molecule has 0 bridgehead atoms. The minimum Gasteiger partial charge on any atom is -0.444 e. The van der Waals surface area contributed by atoms with E-state index in [1.54, 1.807) is 23.4 Å². The van der Waals surface area contributed by atoms with Crippen LogP contribution in [0.1, 0.15) is 57.6 Å². The normalized spacial score (nSPS) is 17.4. The summed E-state index contributed by atoms with van der Waals surface area (Å²) in [6, 6.07) is 15.3. The lowest BCUT2D eigenvalue weighted by molar-refractivity contribution is -0.124. The number of anilines is 1. The fraction of sp³-hybridized carbons (Fsp3) is 0.417. The highest BCUT2D eigenvalue weighted by Crippen LogP contribution is 2.48. The van der Waals surface area contributed by atoms with E-state index in [1.807, 2.05) is 70.2 Å². The highest BCUT2D eigenvalue weighted by molar-refractivity contribution is 5.97. The van der Waals surface area contributed by atoms with Crippen molar-refractivity contribution in [3.05, 3.63) is 72.1 Å². The number of nitrogens with zero attached hydrogens (tertiary/aromatic N) is 4. The molecule has 2 aromatic heterocycles. The van der Waals surface area contributed by atoms with E-state index < -0.39 is 17.7 Å². The van der Waals surface area contributed by atoms with Crippen molar-refractivity contribution in [2.24, 2.45) is 5.41 Å². The highest BCUT2D eigenvalue weighted by atomic mass is 19.1. The number of piperidine rings is 1. The molecule has 2 aliphatic rings. The van der Waals surface area contributed by atoms with Gasteiger partial charge in [0.05, 0.1) is 16.7 Å². The number of aromatic nitrogens is 3. The molecule has 0 spiro atoms. The molecule has 1 saturated carbocycles. The van der Waals surface area contributed by atoms with Crippen LogP contribution in [0.4, 0.5) is 15.1 Å². The Labute approximate surface area is 268 Å². The first-order chi connectivity index (χ1) is 22.0. The summed E-state index contributed by atoms with van der Waals surface area (Å²) in [7, 11) is 0. The van der Waals surface area contributed by atoms with Gasteiger partial charge in [0, 0.05) is 43.3 Å². The lowest BCUT2D eigenvalue weighted by atomic mass is 9.92. The van der Waals surface area contributed by atoms with Gasteiger partial charge in [0.1, 0.15) is 23.8 Å². The SMILES string of the molecule is Cc1ccc2c(CC(=O)C3(CF)CC3)cccc2c1Oc1ncccc1-c1ccnc(N[C@H]2CCCN(C(=O)OC(C)(C)C)C2)n1. The van der Waals surface area contributed by atoms with E-state index in [9.17, 15) is 14.0 Å². The van der Waals surface area contributed by atoms with Crippen LogP contribution in [0.3, 0.4) is 0 Å². The molecular formula is C36H40FN5O4. The Morgan fingerprint density at radius 1 is 1.04 bits per heavy atom. The first-order valence-corrected chi connectivity index (χ1v) is 15.9. The van der Waals surface area contributed by atoms with Gasteiger partial charge in [0.25, 0.3) is 0 Å². The molecule has 2 fully saturated rings. The van der Waals surface area contributed by atoms with Crippen molar-refractivity contribution in [3.63, 3.8) is 0 Å². The molecule has 2 aromatic carbocycles. The molecule has 1 atom stereocenters. The number of pyridine rings is 1. The van der Waals surface area contributed by atoms with Gasteiger partial charge in [-0.05, 0) is 88.1 Å². The minimum absolute atomic E-state index is 0.0276. The summed E-state index contributed by atoms with van der Waals surface area (Å²) < 4.78 is 25.7. The molecule has 10 heteroatoms. The molecule has 1 aliphatic heterocycles. The van der Waals surface area contributed by atoms with Crippen molar-refractivity contribution in [1.29, 1.82) is 0 Å². The van der Waals surface area contributed by atoms with Crippen LogP contribution in [-0.2, 0) is 16.0 Å². The number of benzene rings is 2. The number of rotatable bonds is 9. The monoisotopic (exact) mass is 625 g/mol. The fourth-order valence-corrected chi connectivity index (χ4v) is 5.90. The average molecular weight is 626 g/mol. The van der Waals surface area contributed by atoms with Crippen molar-refractivity contribution in [2.75, 3.05) is 25.1 Å². The number of alkyl halides is 1. The summed E-state index contributed by atoms with van der Waals surface area (Å²) in [5.74, 6) is 1.42. The quantitative estimate of drug-likeness (QED) is 0.204. The van der Waals surface area contributed by atoms with Gasteiger partial charge in [-0.2, -0.15) is 0 Å². The van der Waals surface area contributed by atoms with Gasteiger partial charge in [0.2, 0.25) is 11.8 Å². The second-order valence-electron chi connectivity index (χ2n) is 13.4. The smallest absolute Gasteiger partial charge is 0.410 e.